The van der Waals surface area contributed by atoms with E-state index < -0.39 is 0 Å². The molecular weight excluding hydrogens is 316 g/mol. The Bertz CT molecular complexity index is 572. The number of nitrogens with zero attached hydrogens (tertiary/aromatic N) is 4. The number of carbonyl (C=O) groups excluding carboxylic acids is 1. The van der Waals surface area contributed by atoms with Crippen molar-refractivity contribution in [3.05, 3.63) is 24.4 Å². The van der Waals surface area contributed by atoms with E-state index >= 15 is 0 Å². The van der Waals surface area contributed by atoms with Gasteiger partial charge in [0.15, 0.2) is 0 Å². The first-order valence-corrected chi connectivity index (χ1v) is 9.61. The smallest absolute Gasteiger partial charge is 0.237 e. The van der Waals surface area contributed by atoms with E-state index in [1.165, 1.54) is 12.8 Å². The van der Waals surface area contributed by atoms with Crippen molar-refractivity contribution in [1.29, 1.82) is 0 Å². The van der Waals surface area contributed by atoms with Crippen LogP contribution in [-0.2, 0) is 9.53 Å². The molecule has 1 amide bonds. The SMILES string of the molecule is O=C(CN1CCN(c2ccccn2)CC1)N1CCO[C@@H]2CCCC[C@H]21. The van der Waals surface area contributed by atoms with E-state index in [9.17, 15) is 4.79 Å². The van der Waals surface area contributed by atoms with Gasteiger partial charge in [0.2, 0.25) is 5.91 Å². The second kappa shape index (κ2) is 7.70. The van der Waals surface area contributed by atoms with Crippen molar-refractivity contribution in [2.75, 3.05) is 50.8 Å². The summed E-state index contributed by atoms with van der Waals surface area (Å²) in [5.41, 5.74) is 0. The largest absolute Gasteiger partial charge is 0.374 e. The second-order valence-electron chi connectivity index (χ2n) is 7.30. The van der Waals surface area contributed by atoms with Crippen LogP contribution in [0.4, 0.5) is 5.82 Å². The maximum Gasteiger partial charge on any atom is 0.237 e. The third-order valence-electron chi connectivity index (χ3n) is 5.76. The highest BCUT2D eigenvalue weighted by atomic mass is 16.5. The van der Waals surface area contributed by atoms with E-state index in [1.807, 2.05) is 18.3 Å². The van der Waals surface area contributed by atoms with E-state index in [1.54, 1.807) is 0 Å². The normalized spacial score (nSPS) is 27.8. The van der Waals surface area contributed by atoms with Crippen LogP contribution in [0.15, 0.2) is 24.4 Å². The van der Waals surface area contributed by atoms with E-state index in [-0.39, 0.29) is 12.0 Å². The van der Waals surface area contributed by atoms with Gasteiger partial charge in [-0.05, 0) is 25.0 Å². The zero-order chi connectivity index (χ0) is 17.1. The van der Waals surface area contributed by atoms with Gasteiger partial charge in [-0.25, -0.2) is 4.98 Å². The number of carbonyl (C=O) groups is 1. The summed E-state index contributed by atoms with van der Waals surface area (Å²) in [6, 6.07) is 6.33. The molecule has 3 heterocycles. The predicted molar refractivity (Wildman–Crippen MR) is 96.6 cm³/mol. The van der Waals surface area contributed by atoms with E-state index in [2.05, 4.69) is 25.8 Å². The molecule has 2 aliphatic heterocycles. The van der Waals surface area contributed by atoms with Gasteiger partial charge < -0.3 is 14.5 Å². The molecule has 2 saturated heterocycles. The molecule has 1 aromatic heterocycles. The molecular formula is C19H28N4O2. The Hall–Kier alpha value is -1.66. The number of piperazine rings is 1. The summed E-state index contributed by atoms with van der Waals surface area (Å²) in [6.07, 6.45) is 6.77. The standard InChI is InChI=1S/C19H28N4O2/c24-19(23-13-14-25-17-6-2-1-5-16(17)23)15-21-9-11-22(12-10-21)18-7-3-4-8-20-18/h3-4,7-8,16-17H,1-2,5-6,9-15H2/t16-,17-/m1/s1. The van der Waals surface area contributed by atoms with Crippen LogP contribution in [0.2, 0.25) is 0 Å². The maximum atomic E-state index is 12.9. The third kappa shape index (κ3) is 3.80. The lowest BCUT2D eigenvalue weighted by Gasteiger charge is -2.44. The van der Waals surface area contributed by atoms with Crippen LogP contribution in [-0.4, -0.2) is 78.7 Å². The summed E-state index contributed by atoms with van der Waals surface area (Å²) in [5, 5.41) is 0. The van der Waals surface area contributed by atoms with E-state index in [4.69, 9.17) is 4.74 Å². The monoisotopic (exact) mass is 344 g/mol. The summed E-state index contributed by atoms with van der Waals surface area (Å²) in [6.45, 7) is 5.69. The summed E-state index contributed by atoms with van der Waals surface area (Å²) >= 11 is 0. The van der Waals surface area contributed by atoms with Gasteiger partial charge in [-0.3, -0.25) is 9.69 Å². The molecule has 0 bridgehead atoms. The van der Waals surface area contributed by atoms with Gasteiger partial charge in [-0.2, -0.15) is 0 Å². The number of fused-ring (bicyclic) bond motifs is 1. The van der Waals surface area contributed by atoms with Gasteiger partial charge in [0.25, 0.3) is 0 Å². The summed E-state index contributed by atoms with van der Waals surface area (Å²) in [7, 11) is 0. The summed E-state index contributed by atoms with van der Waals surface area (Å²) in [5.74, 6) is 1.32. The van der Waals surface area contributed by atoms with Crippen molar-refractivity contribution in [3.8, 4) is 0 Å². The minimum absolute atomic E-state index is 0.271. The lowest BCUT2D eigenvalue weighted by atomic mass is 9.90. The number of hydrogen-bond donors (Lipinski definition) is 0. The fourth-order valence-corrected chi connectivity index (χ4v) is 4.36. The molecule has 3 fully saturated rings. The van der Waals surface area contributed by atoms with Crippen LogP contribution in [0.5, 0.6) is 0 Å². The fourth-order valence-electron chi connectivity index (χ4n) is 4.36. The van der Waals surface area contributed by atoms with Crippen LogP contribution in [0.3, 0.4) is 0 Å². The number of amides is 1. The predicted octanol–water partition coefficient (Wildman–Crippen LogP) is 1.37. The lowest BCUT2D eigenvalue weighted by Crippen LogP contribution is -2.58. The number of anilines is 1. The lowest BCUT2D eigenvalue weighted by molar-refractivity contribution is -0.150. The fraction of sp³-hybridized carbons (Fsp3) is 0.684. The molecule has 3 aliphatic rings. The quantitative estimate of drug-likeness (QED) is 0.829. The molecule has 1 aromatic rings. The van der Waals surface area contributed by atoms with Gasteiger partial charge >= 0.3 is 0 Å². The number of ether oxygens (including phenoxy) is 1. The van der Waals surface area contributed by atoms with E-state index in [0.29, 0.717) is 19.2 Å². The molecule has 136 valence electrons. The first-order chi connectivity index (χ1) is 12.3. The van der Waals surface area contributed by atoms with Crippen LogP contribution in [0.25, 0.3) is 0 Å². The highest BCUT2D eigenvalue weighted by Gasteiger charge is 2.37. The van der Waals surface area contributed by atoms with Crippen LogP contribution < -0.4 is 4.90 Å². The van der Waals surface area contributed by atoms with Crippen LogP contribution in [0.1, 0.15) is 25.7 Å². The first-order valence-electron chi connectivity index (χ1n) is 9.61. The molecule has 6 nitrogen and oxygen atoms in total. The Kier molecular flexibility index (Phi) is 5.17. The van der Waals surface area contributed by atoms with Crippen molar-refractivity contribution in [2.24, 2.45) is 0 Å². The van der Waals surface area contributed by atoms with Gasteiger partial charge in [0, 0.05) is 38.9 Å². The highest BCUT2D eigenvalue weighted by Crippen LogP contribution is 2.28. The molecule has 0 N–H and O–H groups in total. The molecule has 1 saturated carbocycles. The Morgan fingerprint density at radius 1 is 1.12 bits per heavy atom. The Labute approximate surface area is 149 Å². The molecule has 4 rings (SSSR count). The van der Waals surface area contributed by atoms with Gasteiger partial charge in [-0.1, -0.05) is 18.9 Å². The molecule has 1 aliphatic carbocycles. The first kappa shape index (κ1) is 16.8. The maximum absolute atomic E-state index is 12.9. The number of aromatic nitrogens is 1. The van der Waals surface area contributed by atoms with E-state index in [0.717, 1.165) is 51.4 Å². The summed E-state index contributed by atoms with van der Waals surface area (Å²) in [4.78, 5) is 24.0. The molecule has 0 spiro atoms. The average molecular weight is 344 g/mol. The molecule has 25 heavy (non-hydrogen) atoms. The van der Waals surface area contributed by atoms with Crippen LogP contribution >= 0.6 is 0 Å². The van der Waals surface area contributed by atoms with Crippen molar-refractivity contribution < 1.29 is 9.53 Å². The zero-order valence-corrected chi connectivity index (χ0v) is 14.8. The number of pyridine rings is 1. The zero-order valence-electron chi connectivity index (χ0n) is 14.8. The van der Waals surface area contributed by atoms with Crippen molar-refractivity contribution in [1.82, 2.24) is 14.8 Å². The Balaban J connectivity index is 1.30. The van der Waals surface area contributed by atoms with Crippen molar-refractivity contribution in [3.63, 3.8) is 0 Å². The second-order valence-corrected chi connectivity index (χ2v) is 7.30. The molecule has 0 radical (unpaired) electrons. The van der Waals surface area contributed by atoms with Crippen molar-refractivity contribution >= 4 is 11.7 Å². The molecule has 0 aromatic carbocycles. The van der Waals surface area contributed by atoms with Gasteiger partial charge in [0.1, 0.15) is 5.82 Å². The molecule has 0 unspecified atom stereocenters. The van der Waals surface area contributed by atoms with Crippen LogP contribution in [0, 0.1) is 0 Å². The average Bonchev–Trinajstić information content (AvgIpc) is 2.69. The molecule has 2 atom stereocenters. The number of rotatable bonds is 3. The summed E-state index contributed by atoms with van der Waals surface area (Å²) < 4.78 is 5.89. The van der Waals surface area contributed by atoms with Gasteiger partial charge in [-0.15, -0.1) is 0 Å². The Morgan fingerprint density at radius 2 is 1.96 bits per heavy atom. The topological polar surface area (TPSA) is 48.9 Å². The van der Waals surface area contributed by atoms with Gasteiger partial charge in [0.05, 0.1) is 25.3 Å². The minimum atomic E-state index is 0.271. The minimum Gasteiger partial charge on any atom is -0.374 e. The van der Waals surface area contributed by atoms with Crippen molar-refractivity contribution in [2.45, 2.75) is 37.8 Å². The number of morpholine rings is 1. The Morgan fingerprint density at radius 3 is 2.76 bits per heavy atom. The highest BCUT2D eigenvalue weighted by molar-refractivity contribution is 5.79. The number of hydrogen-bond acceptors (Lipinski definition) is 5. The molecule has 6 heteroatoms. The third-order valence-corrected chi connectivity index (χ3v) is 5.76.